The van der Waals surface area contributed by atoms with Crippen molar-refractivity contribution < 1.29 is 47.7 Å². The first-order chi connectivity index (χ1) is 8.63. The Bertz CT molecular complexity index is 320. The molecule has 0 amide bonds. The van der Waals surface area contributed by atoms with Crippen LogP contribution < -0.4 is 0 Å². The minimum Gasteiger partial charge on any atom is -0.480 e. The number of hydrogen-bond acceptors (Lipinski definition) is 3. The molecular formula is C14H21NO3Y-2. The second-order valence-corrected chi connectivity index (χ2v) is 3.66. The van der Waals surface area contributed by atoms with E-state index in [9.17, 15) is 4.79 Å². The fourth-order valence-corrected chi connectivity index (χ4v) is 1.26. The molecule has 5 heteroatoms. The van der Waals surface area contributed by atoms with Crippen LogP contribution in [0.25, 0.3) is 0 Å². The van der Waals surface area contributed by atoms with Crippen LogP contribution in [0.1, 0.15) is 12.5 Å². The summed E-state index contributed by atoms with van der Waals surface area (Å²) in [5.41, 5.74) is 1.38. The SMILES string of the molecule is CCc1cc[c-]cc1.[CH2-]CN(CCO)CC(=O)O.[Y]. The molecule has 1 aromatic carbocycles. The quantitative estimate of drug-likeness (QED) is 0.765. The number of hydrogen-bond donors (Lipinski definition) is 2. The average Bonchev–Trinajstić information content (AvgIpc) is 2.39. The van der Waals surface area contributed by atoms with Crippen LogP contribution in [-0.2, 0) is 43.9 Å². The Morgan fingerprint density at radius 3 is 2.32 bits per heavy atom. The van der Waals surface area contributed by atoms with Gasteiger partial charge in [-0.05, 0) is 0 Å². The third-order valence-corrected chi connectivity index (χ3v) is 2.29. The van der Waals surface area contributed by atoms with E-state index in [1.54, 1.807) is 4.90 Å². The molecule has 0 aliphatic heterocycles. The van der Waals surface area contributed by atoms with Crippen molar-refractivity contribution in [2.45, 2.75) is 13.3 Å². The smallest absolute Gasteiger partial charge is 0.317 e. The summed E-state index contributed by atoms with van der Waals surface area (Å²) in [5.74, 6) is -0.892. The number of aliphatic carboxylic acids is 1. The first-order valence-electron chi connectivity index (χ1n) is 5.93. The molecule has 0 unspecified atom stereocenters. The number of aliphatic hydroxyl groups is 1. The van der Waals surface area contributed by atoms with Gasteiger partial charge in [0.1, 0.15) is 0 Å². The summed E-state index contributed by atoms with van der Waals surface area (Å²) in [5, 5.41) is 16.7. The molecule has 4 nitrogen and oxygen atoms in total. The number of benzene rings is 1. The molecule has 0 aromatic heterocycles. The Labute approximate surface area is 140 Å². The molecule has 2 N–H and O–H groups in total. The number of carboxylic acid groups (broad SMARTS) is 1. The van der Waals surface area contributed by atoms with Crippen LogP contribution in [0.4, 0.5) is 0 Å². The summed E-state index contributed by atoms with van der Waals surface area (Å²) in [4.78, 5) is 11.6. The van der Waals surface area contributed by atoms with Gasteiger partial charge >= 0.3 is 5.97 Å². The number of carbonyl (C=O) groups is 1. The fraction of sp³-hybridized carbons (Fsp3) is 0.429. The van der Waals surface area contributed by atoms with Gasteiger partial charge in [0.25, 0.3) is 0 Å². The number of rotatable bonds is 6. The van der Waals surface area contributed by atoms with Crippen molar-refractivity contribution in [3.63, 3.8) is 0 Å². The largest absolute Gasteiger partial charge is 0.480 e. The summed E-state index contributed by atoms with van der Waals surface area (Å²) < 4.78 is 0. The average molecular weight is 340 g/mol. The molecular weight excluding hydrogens is 319 g/mol. The molecule has 0 fully saturated rings. The van der Waals surface area contributed by atoms with Gasteiger partial charge in [-0.3, -0.25) is 4.79 Å². The Morgan fingerprint density at radius 2 is 2.00 bits per heavy atom. The van der Waals surface area contributed by atoms with Crippen LogP contribution in [0.5, 0.6) is 0 Å². The second kappa shape index (κ2) is 14.1. The van der Waals surface area contributed by atoms with Gasteiger partial charge < -0.3 is 22.0 Å². The van der Waals surface area contributed by atoms with E-state index >= 15 is 0 Å². The number of carboxylic acids is 1. The van der Waals surface area contributed by atoms with Crippen LogP contribution in [0, 0.1) is 13.0 Å². The maximum absolute atomic E-state index is 10.1. The van der Waals surface area contributed by atoms with Crippen molar-refractivity contribution >= 4 is 5.97 Å². The predicted octanol–water partition coefficient (Wildman–Crippen LogP) is 1.25. The van der Waals surface area contributed by atoms with Crippen molar-refractivity contribution in [1.82, 2.24) is 4.90 Å². The molecule has 1 rings (SSSR count). The summed E-state index contributed by atoms with van der Waals surface area (Å²) in [6.07, 6.45) is 1.12. The summed E-state index contributed by atoms with van der Waals surface area (Å²) in [6.45, 7) is 6.36. The van der Waals surface area contributed by atoms with Gasteiger partial charge in [-0.1, -0.05) is 13.3 Å². The van der Waals surface area contributed by atoms with Crippen molar-refractivity contribution in [1.29, 1.82) is 0 Å². The van der Waals surface area contributed by atoms with E-state index in [0.29, 0.717) is 13.1 Å². The molecule has 0 heterocycles. The van der Waals surface area contributed by atoms with Gasteiger partial charge in [0, 0.05) is 39.3 Å². The number of aryl methyl sites for hydroxylation is 1. The first-order valence-corrected chi connectivity index (χ1v) is 5.93. The van der Waals surface area contributed by atoms with Crippen LogP contribution in [0.2, 0.25) is 0 Å². The minimum absolute atomic E-state index is 0. The van der Waals surface area contributed by atoms with Crippen LogP contribution in [-0.4, -0.2) is 47.3 Å². The van der Waals surface area contributed by atoms with E-state index in [2.05, 4.69) is 32.0 Å². The molecule has 0 saturated carbocycles. The van der Waals surface area contributed by atoms with Crippen LogP contribution in [0.15, 0.2) is 24.3 Å². The summed E-state index contributed by atoms with van der Waals surface area (Å²) in [7, 11) is 0. The van der Waals surface area contributed by atoms with Crippen molar-refractivity contribution in [2.24, 2.45) is 0 Å². The first kappa shape index (κ1) is 21.0. The van der Waals surface area contributed by atoms with E-state index in [1.165, 1.54) is 5.56 Å². The van der Waals surface area contributed by atoms with Gasteiger partial charge in [0.05, 0.1) is 13.2 Å². The second-order valence-electron chi connectivity index (χ2n) is 3.66. The van der Waals surface area contributed by atoms with Gasteiger partial charge in [-0.2, -0.15) is 35.9 Å². The third kappa shape index (κ3) is 12.5. The molecule has 0 atom stereocenters. The molecule has 1 radical (unpaired) electrons. The molecule has 0 aliphatic rings. The maximum Gasteiger partial charge on any atom is 0.317 e. The molecule has 0 spiro atoms. The van der Waals surface area contributed by atoms with Gasteiger partial charge in [0.2, 0.25) is 0 Å². The molecule has 0 saturated heterocycles. The monoisotopic (exact) mass is 340 g/mol. The zero-order valence-corrected chi connectivity index (χ0v) is 14.2. The van der Waals surface area contributed by atoms with E-state index in [-0.39, 0.29) is 45.9 Å². The maximum atomic E-state index is 10.1. The van der Waals surface area contributed by atoms with E-state index in [1.807, 2.05) is 12.1 Å². The molecule has 105 valence electrons. The minimum atomic E-state index is -0.892. The van der Waals surface area contributed by atoms with Crippen molar-refractivity contribution in [2.75, 3.05) is 26.2 Å². The van der Waals surface area contributed by atoms with Crippen molar-refractivity contribution in [3.05, 3.63) is 42.8 Å². The summed E-state index contributed by atoms with van der Waals surface area (Å²) >= 11 is 0. The van der Waals surface area contributed by atoms with E-state index in [4.69, 9.17) is 10.2 Å². The molecule has 19 heavy (non-hydrogen) atoms. The zero-order chi connectivity index (χ0) is 13.8. The molecule has 0 aliphatic carbocycles. The fourth-order valence-electron chi connectivity index (χ4n) is 1.26. The van der Waals surface area contributed by atoms with Gasteiger partial charge in [-0.15, -0.1) is 6.54 Å². The third-order valence-electron chi connectivity index (χ3n) is 2.29. The standard InChI is InChI=1S/C8H9.C6H12NO3.Y/c1-2-8-6-4-3-5-7-8;1-2-7(3-4-8)5-6(9)10;/h4-7H,2H2,1H3;8H,1-5H2,(H,9,10);/q2*-1;. The Kier molecular flexibility index (Phi) is 15.6. The topological polar surface area (TPSA) is 60.8 Å². The predicted molar refractivity (Wildman–Crippen MR) is 71.2 cm³/mol. The van der Waals surface area contributed by atoms with Crippen LogP contribution in [0.3, 0.4) is 0 Å². The van der Waals surface area contributed by atoms with Gasteiger partial charge in [0.15, 0.2) is 0 Å². The van der Waals surface area contributed by atoms with Crippen LogP contribution >= 0.6 is 0 Å². The van der Waals surface area contributed by atoms with E-state index < -0.39 is 5.97 Å². The Morgan fingerprint density at radius 1 is 1.42 bits per heavy atom. The number of nitrogens with zero attached hydrogens (tertiary/aromatic N) is 1. The summed E-state index contributed by atoms with van der Waals surface area (Å²) in [6, 6.07) is 11.0. The Hall–Kier alpha value is -0.286. The number of aliphatic hydroxyl groups excluding tert-OH is 1. The normalized spacial score (nSPS) is 9.26. The van der Waals surface area contributed by atoms with Gasteiger partial charge in [-0.25, -0.2) is 0 Å². The van der Waals surface area contributed by atoms with Crippen molar-refractivity contribution in [3.8, 4) is 0 Å². The zero-order valence-electron chi connectivity index (χ0n) is 11.4. The van der Waals surface area contributed by atoms with E-state index in [0.717, 1.165) is 6.42 Å². The molecule has 1 aromatic rings. The Balaban J connectivity index is 0. The molecule has 0 bridgehead atoms.